The van der Waals surface area contributed by atoms with Crippen LogP contribution in [0.25, 0.3) is 5.69 Å². The van der Waals surface area contributed by atoms with Gasteiger partial charge in [-0.05, 0) is 31.2 Å². The number of hydrogen-bond donors (Lipinski definition) is 0. The third-order valence-electron chi connectivity index (χ3n) is 3.37. The zero-order chi connectivity index (χ0) is 15.8. The number of fused-ring (bicyclic) bond motifs is 1. The number of aryl methyl sites for hydroxylation is 1. The fourth-order valence-electron chi connectivity index (χ4n) is 2.25. The molecule has 7 heteroatoms. The van der Waals surface area contributed by atoms with Crippen molar-refractivity contribution in [1.82, 2.24) is 9.54 Å². The lowest BCUT2D eigenvalue weighted by atomic mass is 10.2. The predicted octanol–water partition coefficient (Wildman–Crippen LogP) is 3.95. The molecule has 1 unspecified atom stereocenters. The first-order valence-electron chi connectivity index (χ1n) is 7.01. The lowest BCUT2D eigenvalue weighted by molar-refractivity contribution is 0.0726. The molecule has 4 rings (SSSR count). The van der Waals surface area contributed by atoms with E-state index in [1.807, 2.05) is 47.8 Å². The molecule has 3 aromatic rings. The highest BCUT2D eigenvalue weighted by Gasteiger charge is 2.33. The van der Waals surface area contributed by atoms with Gasteiger partial charge in [-0.25, -0.2) is 9.24 Å². The highest BCUT2D eigenvalue weighted by Crippen LogP contribution is 2.47. The first-order chi connectivity index (χ1) is 11.2. The van der Waals surface area contributed by atoms with Gasteiger partial charge >= 0.3 is 14.3 Å². The minimum Gasteiger partial charge on any atom is -0.434 e. The van der Waals surface area contributed by atoms with Crippen LogP contribution < -0.4 is 9.56 Å². The average molecular weight is 342 g/mol. The molecule has 1 aliphatic rings. The van der Waals surface area contributed by atoms with Gasteiger partial charge in [0.05, 0.1) is 19.7 Å². The zero-order valence-electron chi connectivity index (χ0n) is 12.2. The molecule has 0 N–H and O–H groups in total. The smallest absolute Gasteiger partial charge is 0.347 e. The van der Waals surface area contributed by atoms with Gasteiger partial charge in [0.15, 0.2) is 0 Å². The molecule has 1 aromatic heterocycles. The molecule has 0 fully saturated rings. The number of para-hydroxylation sites is 2. The summed E-state index contributed by atoms with van der Waals surface area (Å²) in [5.74, 6) is 0.232. The number of aromatic nitrogens is 2. The van der Waals surface area contributed by atoms with Crippen LogP contribution in [0.15, 0.2) is 54.6 Å². The lowest BCUT2D eigenvalue weighted by Gasteiger charge is -2.22. The zero-order valence-corrected chi connectivity index (χ0v) is 14.0. The van der Waals surface area contributed by atoms with Crippen LogP contribution in [-0.2, 0) is 4.52 Å². The van der Waals surface area contributed by atoms with Gasteiger partial charge in [-0.2, -0.15) is 5.10 Å². The van der Waals surface area contributed by atoms with E-state index in [2.05, 4.69) is 5.10 Å². The van der Waals surface area contributed by atoms with Crippen LogP contribution in [0, 0.1) is 6.92 Å². The molecule has 0 amide bonds. The Hall–Kier alpha value is -2.22. The van der Waals surface area contributed by atoms with Gasteiger partial charge in [0.1, 0.15) is 16.3 Å². The largest absolute Gasteiger partial charge is 0.434 e. The Morgan fingerprint density at radius 2 is 1.78 bits per heavy atom. The van der Waals surface area contributed by atoms with E-state index in [1.54, 1.807) is 18.2 Å². The summed E-state index contributed by atoms with van der Waals surface area (Å²) >= 11 is 0. The minimum atomic E-state index is -1.47. The Morgan fingerprint density at radius 1 is 1.04 bits per heavy atom. The summed E-state index contributed by atoms with van der Waals surface area (Å²) in [6.07, 6.45) is 0. The normalized spacial score (nSPS) is 16.7. The van der Waals surface area contributed by atoms with Crippen LogP contribution >= 0.6 is 16.7 Å². The number of nitrogens with zero attached hydrogens (tertiary/aromatic N) is 2. The third-order valence-corrected chi connectivity index (χ3v) is 6.52. The highest BCUT2D eigenvalue weighted by molar-refractivity contribution is 7.67. The number of rotatable bonds is 2. The van der Waals surface area contributed by atoms with E-state index in [4.69, 9.17) is 9.05 Å². The van der Waals surface area contributed by atoms with Gasteiger partial charge in [-0.15, -0.1) is 0 Å². The van der Waals surface area contributed by atoms with Crippen molar-refractivity contribution in [2.45, 2.75) is 6.92 Å². The topological polar surface area (TPSA) is 53.4 Å². The summed E-state index contributed by atoms with van der Waals surface area (Å²) in [6.45, 7) is 1.91. The van der Waals surface area contributed by atoms with Crippen molar-refractivity contribution >= 4 is 27.7 Å². The Morgan fingerprint density at radius 3 is 2.61 bits per heavy atom. The summed E-state index contributed by atoms with van der Waals surface area (Å²) in [4.78, 5) is 12.2. The first-order valence-corrected chi connectivity index (χ1v) is 9.03. The fourth-order valence-corrected chi connectivity index (χ4v) is 4.94. The fraction of sp³-hybridized carbons (Fsp3) is 0.0625. The average Bonchev–Trinajstić information content (AvgIpc) is 2.97. The van der Waals surface area contributed by atoms with E-state index >= 15 is 0 Å². The van der Waals surface area contributed by atoms with Gasteiger partial charge in [0.25, 0.3) is 0 Å². The summed E-state index contributed by atoms with van der Waals surface area (Å²) in [7, 11) is -0.619. The third kappa shape index (κ3) is 2.63. The Bertz CT molecular complexity index is 880. The molecule has 1 atom stereocenters. The Balaban J connectivity index is 1.70. The molecule has 0 bridgehead atoms. The maximum absolute atomic E-state index is 12.2. The summed E-state index contributed by atoms with van der Waals surface area (Å²) in [5.41, 5.74) is 2.28. The number of benzene rings is 2. The number of carbonyl (C=O) groups is 1. The van der Waals surface area contributed by atoms with Gasteiger partial charge in [-0.3, -0.25) is 0 Å². The molecule has 0 saturated heterocycles. The molecular weight excluding hydrogens is 330 g/mol. The molecular formula is C16H12N2O3P2. The quantitative estimate of drug-likeness (QED) is 0.662. The van der Waals surface area contributed by atoms with Crippen LogP contribution in [-0.4, -0.2) is 15.5 Å². The van der Waals surface area contributed by atoms with Crippen LogP contribution in [0.3, 0.4) is 0 Å². The van der Waals surface area contributed by atoms with E-state index in [0.29, 0.717) is 11.3 Å². The monoisotopic (exact) mass is 342 g/mol. The Kier molecular flexibility index (Phi) is 3.60. The molecule has 0 saturated carbocycles. The van der Waals surface area contributed by atoms with E-state index in [1.165, 1.54) is 0 Å². The highest BCUT2D eigenvalue weighted by atomic mass is 31.2. The minimum absolute atomic E-state index is 0.341. The standard InChI is InChI=1S/C16H12N2O3P2/c1-11-16(22-18(17-11)12-7-3-2-4-8-12)23-20-14-10-6-5-9-13(14)15(19)21-23/h2-10H,1H3. The second-order valence-corrected chi connectivity index (χ2v) is 7.66. The van der Waals surface area contributed by atoms with Crippen molar-refractivity contribution < 1.29 is 13.8 Å². The maximum Gasteiger partial charge on any atom is 0.347 e. The molecule has 1 aliphatic heterocycles. The van der Waals surface area contributed by atoms with Crippen LogP contribution in [0.2, 0.25) is 0 Å². The molecule has 0 radical (unpaired) electrons. The predicted molar refractivity (Wildman–Crippen MR) is 89.9 cm³/mol. The van der Waals surface area contributed by atoms with Gasteiger partial charge < -0.3 is 9.05 Å². The van der Waals surface area contributed by atoms with Crippen molar-refractivity contribution in [2.75, 3.05) is 0 Å². The lowest BCUT2D eigenvalue weighted by Crippen LogP contribution is -2.17. The Labute approximate surface area is 135 Å². The summed E-state index contributed by atoms with van der Waals surface area (Å²) in [5, 5.41) is 5.44. The molecule has 0 spiro atoms. The van der Waals surface area contributed by atoms with Crippen molar-refractivity contribution in [3.8, 4) is 11.4 Å². The second kappa shape index (κ2) is 5.77. The van der Waals surface area contributed by atoms with E-state index in [-0.39, 0.29) is 5.97 Å². The number of carbonyl (C=O) groups excluding carboxylic acids is 1. The first kappa shape index (κ1) is 14.4. The van der Waals surface area contributed by atoms with E-state index in [9.17, 15) is 4.79 Å². The maximum atomic E-state index is 12.2. The summed E-state index contributed by atoms with van der Waals surface area (Å²) < 4.78 is 13.3. The van der Waals surface area contributed by atoms with Crippen LogP contribution in [0.4, 0.5) is 0 Å². The van der Waals surface area contributed by atoms with Crippen LogP contribution in [0.1, 0.15) is 16.1 Å². The molecule has 2 aromatic carbocycles. The van der Waals surface area contributed by atoms with Crippen molar-refractivity contribution in [2.24, 2.45) is 0 Å². The van der Waals surface area contributed by atoms with Crippen molar-refractivity contribution in [3.05, 3.63) is 65.9 Å². The van der Waals surface area contributed by atoms with E-state index in [0.717, 1.165) is 24.8 Å². The molecule has 0 aliphatic carbocycles. The molecule has 23 heavy (non-hydrogen) atoms. The van der Waals surface area contributed by atoms with Crippen molar-refractivity contribution in [1.29, 1.82) is 0 Å². The van der Waals surface area contributed by atoms with Gasteiger partial charge in [0.2, 0.25) is 0 Å². The van der Waals surface area contributed by atoms with E-state index < -0.39 is 8.38 Å². The van der Waals surface area contributed by atoms with Gasteiger partial charge in [-0.1, -0.05) is 30.3 Å². The van der Waals surface area contributed by atoms with Crippen molar-refractivity contribution in [3.63, 3.8) is 0 Å². The molecule has 5 nitrogen and oxygen atoms in total. The second-order valence-electron chi connectivity index (χ2n) is 4.96. The van der Waals surface area contributed by atoms with Crippen LogP contribution in [0.5, 0.6) is 5.75 Å². The SMILES string of the molecule is Cc1nn(-c2ccccc2)pc1P1OC(=O)c2ccccc2O1. The van der Waals surface area contributed by atoms with Gasteiger partial charge in [0, 0.05) is 0 Å². The molecule has 114 valence electrons. The number of hydrogen-bond acceptors (Lipinski definition) is 4. The summed E-state index contributed by atoms with van der Waals surface area (Å²) in [6, 6.07) is 17.0. The molecule has 2 heterocycles.